The Labute approximate surface area is 160 Å². The van der Waals surface area contributed by atoms with E-state index in [0.717, 1.165) is 57.7 Å². The highest BCUT2D eigenvalue weighted by molar-refractivity contribution is 7.09. The molecule has 0 saturated carbocycles. The number of aromatic nitrogens is 1. The highest BCUT2D eigenvalue weighted by atomic mass is 32.1. The molecular formula is C21H28N2O2S. The number of thiophene rings is 1. The van der Waals surface area contributed by atoms with Crippen molar-refractivity contribution in [1.29, 1.82) is 0 Å². The van der Waals surface area contributed by atoms with Gasteiger partial charge in [0.2, 0.25) is 0 Å². The number of ether oxygens (including phenoxy) is 2. The normalized spacial score (nSPS) is 22.8. The number of rotatable bonds is 7. The predicted molar refractivity (Wildman–Crippen MR) is 104 cm³/mol. The quantitative estimate of drug-likeness (QED) is 0.685. The molecule has 2 fully saturated rings. The Balaban J connectivity index is 1.23. The van der Waals surface area contributed by atoms with Crippen LogP contribution in [0.5, 0.6) is 0 Å². The maximum atomic E-state index is 6.30. The van der Waals surface area contributed by atoms with Crippen molar-refractivity contribution in [2.75, 3.05) is 26.3 Å². The smallest absolute Gasteiger partial charge is 0.0736 e. The van der Waals surface area contributed by atoms with Crippen molar-refractivity contribution >= 4 is 11.3 Å². The number of hydrogen-bond donors (Lipinski definition) is 0. The lowest BCUT2D eigenvalue weighted by atomic mass is 9.78. The number of piperidine rings is 1. The molecule has 1 atom stereocenters. The number of likely N-dealkylation sites (tertiary alicyclic amines) is 1. The fourth-order valence-corrected chi connectivity index (χ4v) is 5.10. The first kappa shape index (κ1) is 18.1. The van der Waals surface area contributed by atoms with Gasteiger partial charge >= 0.3 is 0 Å². The second kappa shape index (κ2) is 8.61. The van der Waals surface area contributed by atoms with Crippen molar-refractivity contribution in [2.24, 2.45) is 5.92 Å². The van der Waals surface area contributed by atoms with Crippen molar-refractivity contribution in [2.45, 2.75) is 44.4 Å². The predicted octanol–water partition coefficient (Wildman–Crippen LogP) is 4.12. The molecule has 2 aliphatic rings. The summed E-state index contributed by atoms with van der Waals surface area (Å²) < 4.78 is 12.2. The lowest BCUT2D eigenvalue weighted by molar-refractivity contribution is -0.0732. The third-order valence-electron chi connectivity index (χ3n) is 5.86. The monoisotopic (exact) mass is 372 g/mol. The molecule has 0 radical (unpaired) electrons. The van der Waals surface area contributed by atoms with Crippen LogP contribution in [0.15, 0.2) is 42.0 Å². The minimum Gasteiger partial charge on any atom is -0.377 e. The zero-order chi connectivity index (χ0) is 17.7. The van der Waals surface area contributed by atoms with E-state index in [1.54, 1.807) is 6.20 Å². The molecule has 4 rings (SSSR count). The maximum Gasteiger partial charge on any atom is 0.0736 e. The molecule has 2 aromatic rings. The fraction of sp³-hybridized carbons (Fsp3) is 0.571. The maximum absolute atomic E-state index is 6.30. The van der Waals surface area contributed by atoms with Crippen LogP contribution in [0.4, 0.5) is 0 Å². The highest BCUT2D eigenvalue weighted by Crippen LogP contribution is 2.42. The molecule has 0 aliphatic carbocycles. The molecule has 140 valence electrons. The summed E-state index contributed by atoms with van der Waals surface area (Å²) >= 11 is 1.86. The molecule has 4 heterocycles. The molecule has 4 nitrogen and oxygen atoms in total. The summed E-state index contributed by atoms with van der Waals surface area (Å²) in [7, 11) is 0. The minimum atomic E-state index is 0.101. The number of hydrogen-bond acceptors (Lipinski definition) is 5. The van der Waals surface area contributed by atoms with Gasteiger partial charge in [0, 0.05) is 50.1 Å². The second-order valence-electron chi connectivity index (χ2n) is 7.46. The first-order valence-electron chi connectivity index (χ1n) is 9.69. The van der Waals surface area contributed by atoms with Crippen LogP contribution in [-0.2, 0) is 22.6 Å². The van der Waals surface area contributed by atoms with Crippen LogP contribution in [0.2, 0.25) is 0 Å². The van der Waals surface area contributed by atoms with E-state index in [9.17, 15) is 0 Å². The van der Waals surface area contributed by atoms with Gasteiger partial charge in [-0.3, -0.25) is 9.88 Å². The van der Waals surface area contributed by atoms with Gasteiger partial charge in [-0.05, 0) is 54.7 Å². The molecule has 0 bridgehead atoms. The zero-order valence-corrected chi connectivity index (χ0v) is 16.1. The number of pyridine rings is 1. The summed E-state index contributed by atoms with van der Waals surface area (Å²) in [5.41, 5.74) is 1.25. The van der Waals surface area contributed by atoms with E-state index in [1.807, 2.05) is 23.6 Å². The Kier molecular flexibility index (Phi) is 6.00. The standard InChI is InChI=1S/C21H28N2O2S/c1-3-18(15-22-9-1)17-24-12-5-19-6-13-25-21(19)7-10-23(11-8-21)16-20-4-2-14-26-20/h1-4,9,14-15,19H,5-8,10-13,16-17H2/t19-/m1/s1. The lowest BCUT2D eigenvalue weighted by Crippen LogP contribution is -2.47. The van der Waals surface area contributed by atoms with Gasteiger partial charge < -0.3 is 9.47 Å². The van der Waals surface area contributed by atoms with Gasteiger partial charge in [-0.2, -0.15) is 0 Å². The van der Waals surface area contributed by atoms with Crippen molar-refractivity contribution in [1.82, 2.24) is 9.88 Å². The van der Waals surface area contributed by atoms with Crippen molar-refractivity contribution in [3.05, 3.63) is 52.5 Å². The van der Waals surface area contributed by atoms with E-state index < -0.39 is 0 Å². The van der Waals surface area contributed by atoms with Gasteiger partial charge in [0.15, 0.2) is 0 Å². The van der Waals surface area contributed by atoms with E-state index in [4.69, 9.17) is 9.47 Å². The molecular weight excluding hydrogens is 344 g/mol. The largest absolute Gasteiger partial charge is 0.377 e. The van der Waals surface area contributed by atoms with Gasteiger partial charge in [-0.15, -0.1) is 11.3 Å². The Morgan fingerprint density at radius 1 is 1.27 bits per heavy atom. The minimum absolute atomic E-state index is 0.101. The van der Waals surface area contributed by atoms with Gasteiger partial charge in [-0.25, -0.2) is 0 Å². The zero-order valence-electron chi connectivity index (χ0n) is 15.3. The van der Waals surface area contributed by atoms with Gasteiger partial charge in [0.25, 0.3) is 0 Å². The molecule has 1 spiro atoms. The SMILES string of the molecule is c1cncc(COCC[C@@H]2CCOC23CCN(Cc2cccs2)CC3)c1. The Morgan fingerprint density at radius 2 is 2.19 bits per heavy atom. The summed E-state index contributed by atoms with van der Waals surface area (Å²) in [6.07, 6.45) is 8.28. The Hall–Kier alpha value is -1.27. The Morgan fingerprint density at radius 3 is 2.96 bits per heavy atom. The van der Waals surface area contributed by atoms with Gasteiger partial charge in [0.05, 0.1) is 12.2 Å². The molecule has 26 heavy (non-hydrogen) atoms. The van der Waals surface area contributed by atoms with E-state index >= 15 is 0 Å². The van der Waals surface area contributed by atoms with Gasteiger partial charge in [0.1, 0.15) is 0 Å². The molecule has 2 saturated heterocycles. The molecule has 0 amide bonds. The third-order valence-corrected chi connectivity index (χ3v) is 6.73. The lowest BCUT2D eigenvalue weighted by Gasteiger charge is -2.42. The van der Waals surface area contributed by atoms with E-state index in [-0.39, 0.29) is 5.60 Å². The molecule has 0 N–H and O–H groups in total. The summed E-state index contributed by atoms with van der Waals surface area (Å²) in [5.74, 6) is 0.639. The van der Waals surface area contributed by atoms with Crippen molar-refractivity contribution in [3.8, 4) is 0 Å². The summed E-state index contributed by atoms with van der Waals surface area (Å²) in [6.45, 7) is 5.76. The average molecular weight is 373 g/mol. The van der Waals surface area contributed by atoms with Crippen LogP contribution in [0, 0.1) is 5.92 Å². The molecule has 2 aromatic heterocycles. The van der Waals surface area contributed by atoms with E-state index in [1.165, 1.54) is 11.3 Å². The number of nitrogens with zero attached hydrogens (tertiary/aromatic N) is 2. The average Bonchev–Trinajstić information content (AvgIpc) is 3.32. The van der Waals surface area contributed by atoms with E-state index in [2.05, 4.69) is 33.5 Å². The van der Waals surface area contributed by atoms with Crippen LogP contribution < -0.4 is 0 Å². The van der Waals surface area contributed by atoms with E-state index in [0.29, 0.717) is 12.5 Å². The summed E-state index contributed by atoms with van der Waals surface area (Å²) in [5, 5.41) is 2.17. The molecule has 0 unspecified atom stereocenters. The van der Waals surface area contributed by atoms with Crippen LogP contribution in [0.3, 0.4) is 0 Å². The van der Waals surface area contributed by atoms with Gasteiger partial charge in [-0.1, -0.05) is 12.1 Å². The van der Waals surface area contributed by atoms with Crippen molar-refractivity contribution in [3.63, 3.8) is 0 Å². The summed E-state index contributed by atoms with van der Waals surface area (Å²) in [4.78, 5) is 8.18. The topological polar surface area (TPSA) is 34.6 Å². The van der Waals surface area contributed by atoms with Crippen LogP contribution >= 0.6 is 11.3 Å². The van der Waals surface area contributed by atoms with Crippen LogP contribution in [-0.4, -0.2) is 41.8 Å². The highest BCUT2D eigenvalue weighted by Gasteiger charge is 2.45. The third kappa shape index (κ3) is 4.34. The second-order valence-corrected chi connectivity index (χ2v) is 8.49. The van der Waals surface area contributed by atoms with Crippen LogP contribution in [0.1, 0.15) is 36.1 Å². The van der Waals surface area contributed by atoms with Crippen molar-refractivity contribution < 1.29 is 9.47 Å². The molecule has 0 aromatic carbocycles. The first-order valence-corrected chi connectivity index (χ1v) is 10.6. The molecule has 2 aliphatic heterocycles. The Bertz CT molecular complexity index is 654. The summed E-state index contributed by atoms with van der Waals surface area (Å²) in [6, 6.07) is 8.41. The fourth-order valence-electron chi connectivity index (χ4n) is 4.36. The van der Waals surface area contributed by atoms with Crippen LogP contribution in [0.25, 0.3) is 0 Å². The first-order chi connectivity index (χ1) is 12.8. The molecule has 5 heteroatoms.